The molecular weight excluding hydrogens is 260 g/mol. The number of anilines is 1. The Kier molecular flexibility index (Phi) is 4.29. The topological polar surface area (TPSA) is 101 Å². The van der Waals surface area contributed by atoms with E-state index in [2.05, 4.69) is 20.7 Å². The Morgan fingerprint density at radius 1 is 1.35 bits per heavy atom. The minimum atomic E-state index is -1.01. The summed E-state index contributed by atoms with van der Waals surface area (Å²) in [4.78, 5) is 11.5. The number of carboxylic acids is 1. The molecule has 0 atom stereocenters. The molecule has 0 fully saturated rings. The molecule has 0 bridgehead atoms. The van der Waals surface area contributed by atoms with Gasteiger partial charge in [-0.1, -0.05) is 19.0 Å². The summed E-state index contributed by atoms with van der Waals surface area (Å²) in [6.45, 7) is 4.14. The Hall–Kier alpha value is -2.44. The third kappa shape index (κ3) is 2.76. The molecule has 2 N–H and O–H groups in total. The summed E-state index contributed by atoms with van der Waals surface area (Å²) >= 11 is 0. The van der Waals surface area contributed by atoms with Gasteiger partial charge in [-0.3, -0.25) is 0 Å². The molecule has 0 unspecified atom stereocenters. The number of nitrogens with zero attached hydrogens (tertiary/aromatic N) is 3. The van der Waals surface area contributed by atoms with E-state index in [0.29, 0.717) is 25.1 Å². The van der Waals surface area contributed by atoms with Crippen molar-refractivity contribution >= 4 is 11.8 Å². The molecule has 7 heteroatoms. The minimum absolute atomic E-state index is 0.180. The molecule has 106 valence electrons. The second-order valence-electron chi connectivity index (χ2n) is 4.19. The zero-order valence-electron chi connectivity index (χ0n) is 11.4. The minimum Gasteiger partial charge on any atom is -0.478 e. The molecular formula is C13H16N4O3. The summed E-state index contributed by atoms with van der Waals surface area (Å²) in [6, 6.07) is 1.70. The fourth-order valence-electron chi connectivity index (χ4n) is 2.03. The summed E-state index contributed by atoms with van der Waals surface area (Å²) in [6.07, 6.45) is 2.77. The van der Waals surface area contributed by atoms with E-state index in [-0.39, 0.29) is 11.4 Å². The van der Waals surface area contributed by atoms with Crippen molar-refractivity contribution in [1.82, 2.24) is 15.4 Å². The molecule has 0 amide bonds. The van der Waals surface area contributed by atoms with Crippen LogP contribution in [0.25, 0.3) is 0 Å². The Labute approximate surface area is 116 Å². The summed E-state index contributed by atoms with van der Waals surface area (Å²) in [7, 11) is 0. The summed E-state index contributed by atoms with van der Waals surface area (Å²) < 4.78 is 4.95. The van der Waals surface area contributed by atoms with Gasteiger partial charge in [0.25, 0.3) is 0 Å². The molecule has 0 aliphatic heterocycles. The Balaban J connectivity index is 2.34. The molecule has 0 aliphatic carbocycles. The summed E-state index contributed by atoms with van der Waals surface area (Å²) in [5, 5.41) is 24.0. The molecule has 0 aromatic carbocycles. The van der Waals surface area contributed by atoms with Gasteiger partial charge in [-0.2, -0.15) is 5.10 Å². The van der Waals surface area contributed by atoms with Crippen molar-refractivity contribution in [2.75, 3.05) is 5.32 Å². The second-order valence-corrected chi connectivity index (χ2v) is 4.19. The first-order valence-electron chi connectivity index (χ1n) is 6.42. The Morgan fingerprint density at radius 3 is 2.70 bits per heavy atom. The molecule has 2 aromatic heterocycles. The molecule has 2 rings (SSSR count). The number of hydrogen-bond donors (Lipinski definition) is 2. The van der Waals surface area contributed by atoms with Crippen molar-refractivity contribution in [2.24, 2.45) is 0 Å². The van der Waals surface area contributed by atoms with Gasteiger partial charge in [-0.15, -0.1) is 5.10 Å². The molecule has 0 saturated carbocycles. The van der Waals surface area contributed by atoms with Gasteiger partial charge < -0.3 is 14.9 Å². The fourth-order valence-corrected chi connectivity index (χ4v) is 2.03. The lowest BCUT2D eigenvalue weighted by atomic mass is 10.0. The van der Waals surface area contributed by atoms with Gasteiger partial charge in [0.15, 0.2) is 11.6 Å². The standard InChI is InChI=1S/C13H16N4O3/c1-3-9-10(4-2)16-17-12(11(9)13(18)19)14-7-8-5-6-15-20-8/h5-6H,3-4,7H2,1-2H3,(H,14,17)(H,18,19). The Bertz CT molecular complexity index is 596. The maximum absolute atomic E-state index is 11.5. The van der Waals surface area contributed by atoms with Crippen LogP contribution in [0, 0.1) is 0 Å². The number of carboxylic acid groups (broad SMARTS) is 1. The van der Waals surface area contributed by atoms with Gasteiger partial charge in [-0.05, 0) is 18.4 Å². The summed E-state index contributed by atoms with van der Waals surface area (Å²) in [5.41, 5.74) is 1.61. The average molecular weight is 276 g/mol. The first-order chi connectivity index (χ1) is 9.67. The van der Waals surface area contributed by atoms with Gasteiger partial charge in [0.1, 0.15) is 5.56 Å². The number of hydrogen-bond acceptors (Lipinski definition) is 6. The van der Waals surface area contributed by atoms with Gasteiger partial charge >= 0.3 is 5.97 Å². The zero-order chi connectivity index (χ0) is 14.5. The van der Waals surface area contributed by atoms with Crippen molar-refractivity contribution in [2.45, 2.75) is 33.2 Å². The smallest absolute Gasteiger partial charge is 0.339 e. The quantitative estimate of drug-likeness (QED) is 0.830. The lowest BCUT2D eigenvalue weighted by Crippen LogP contribution is -2.15. The van der Waals surface area contributed by atoms with Crippen LogP contribution >= 0.6 is 0 Å². The van der Waals surface area contributed by atoms with Gasteiger partial charge in [-0.25, -0.2) is 4.79 Å². The van der Waals surface area contributed by atoms with E-state index in [9.17, 15) is 9.90 Å². The predicted molar refractivity (Wildman–Crippen MR) is 71.6 cm³/mol. The number of aromatic carboxylic acids is 1. The van der Waals surface area contributed by atoms with Crippen molar-refractivity contribution in [1.29, 1.82) is 0 Å². The van der Waals surface area contributed by atoms with Gasteiger partial charge in [0.2, 0.25) is 0 Å². The molecule has 0 aliphatic rings. The van der Waals surface area contributed by atoms with Crippen LogP contribution in [0.5, 0.6) is 0 Å². The average Bonchev–Trinajstić information content (AvgIpc) is 2.96. The molecule has 0 saturated heterocycles. The van der Waals surface area contributed by atoms with Crippen molar-refractivity contribution in [3.8, 4) is 0 Å². The fraction of sp³-hybridized carbons (Fsp3) is 0.385. The van der Waals surface area contributed by atoms with E-state index in [1.165, 1.54) is 6.20 Å². The lowest BCUT2D eigenvalue weighted by Gasteiger charge is -2.12. The predicted octanol–water partition coefficient (Wildman–Crippen LogP) is 1.90. The normalized spacial score (nSPS) is 10.5. The molecule has 0 radical (unpaired) electrons. The van der Waals surface area contributed by atoms with Crippen LogP contribution in [0.3, 0.4) is 0 Å². The van der Waals surface area contributed by atoms with Crippen LogP contribution < -0.4 is 5.32 Å². The van der Waals surface area contributed by atoms with E-state index in [1.807, 2.05) is 13.8 Å². The lowest BCUT2D eigenvalue weighted by molar-refractivity contribution is 0.0696. The molecule has 7 nitrogen and oxygen atoms in total. The van der Waals surface area contributed by atoms with Crippen molar-refractivity contribution < 1.29 is 14.4 Å². The van der Waals surface area contributed by atoms with Crippen LogP contribution in [0.2, 0.25) is 0 Å². The van der Waals surface area contributed by atoms with Gasteiger partial charge in [0, 0.05) is 6.07 Å². The van der Waals surface area contributed by atoms with Crippen molar-refractivity contribution in [3.63, 3.8) is 0 Å². The molecule has 0 spiro atoms. The number of aromatic nitrogens is 3. The van der Waals surface area contributed by atoms with Crippen LogP contribution in [0.1, 0.15) is 41.2 Å². The van der Waals surface area contributed by atoms with Gasteiger partial charge in [0.05, 0.1) is 18.4 Å². The highest BCUT2D eigenvalue weighted by Crippen LogP contribution is 2.21. The highest BCUT2D eigenvalue weighted by Gasteiger charge is 2.20. The highest BCUT2D eigenvalue weighted by molar-refractivity contribution is 5.95. The zero-order valence-corrected chi connectivity index (χ0v) is 11.4. The van der Waals surface area contributed by atoms with Crippen LogP contribution in [-0.2, 0) is 19.4 Å². The first kappa shape index (κ1) is 14.0. The van der Waals surface area contributed by atoms with E-state index in [1.54, 1.807) is 6.07 Å². The third-order valence-electron chi connectivity index (χ3n) is 2.98. The molecule has 20 heavy (non-hydrogen) atoms. The monoisotopic (exact) mass is 276 g/mol. The second kappa shape index (κ2) is 6.14. The van der Waals surface area contributed by atoms with Crippen LogP contribution in [0.15, 0.2) is 16.8 Å². The largest absolute Gasteiger partial charge is 0.478 e. The third-order valence-corrected chi connectivity index (χ3v) is 2.98. The summed E-state index contributed by atoms with van der Waals surface area (Å²) in [5.74, 6) is -0.157. The van der Waals surface area contributed by atoms with E-state index >= 15 is 0 Å². The van der Waals surface area contributed by atoms with Crippen molar-refractivity contribution in [3.05, 3.63) is 34.8 Å². The maximum atomic E-state index is 11.5. The SMILES string of the molecule is CCc1nnc(NCc2ccno2)c(C(=O)O)c1CC. The number of nitrogens with one attached hydrogen (secondary N) is 1. The molecule has 2 aromatic rings. The number of aryl methyl sites for hydroxylation is 1. The van der Waals surface area contributed by atoms with E-state index in [0.717, 1.165) is 11.3 Å². The van der Waals surface area contributed by atoms with Crippen LogP contribution in [-0.4, -0.2) is 26.4 Å². The Morgan fingerprint density at radius 2 is 2.15 bits per heavy atom. The van der Waals surface area contributed by atoms with E-state index < -0.39 is 5.97 Å². The molecule has 2 heterocycles. The maximum Gasteiger partial charge on any atom is 0.339 e. The number of carbonyl (C=O) groups is 1. The first-order valence-corrected chi connectivity index (χ1v) is 6.42. The van der Waals surface area contributed by atoms with Crippen LogP contribution in [0.4, 0.5) is 5.82 Å². The number of rotatable bonds is 6. The highest BCUT2D eigenvalue weighted by atomic mass is 16.5. The van der Waals surface area contributed by atoms with E-state index in [4.69, 9.17) is 4.52 Å².